The molecule has 238 valence electrons. The normalized spacial score (nSPS) is 13.2. The highest BCUT2D eigenvalue weighted by molar-refractivity contribution is 6.74. The number of carbonyl (C=O) groups excluding carboxylic acids is 2. The predicted octanol–water partition coefficient (Wildman–Crippen LogP) is 6.17. The van der Waals surface area contributed by atoms with Gasteiger partial charge >= 0.3 is 0 Å². The number of nitrogens with zero attached hydrogens (tertiary/aromatic N) is 1. The summed E-state index contributed by atoms with van der Waals surface area (Å²) >= 11 is 0. The third-order valence-electron chi connectivity index (χ3n) is 8.34. The van der Waals surface area contributed by atoms with E-state index >= 15 is 0 Å². The number of anilines is 2. The minimum atomic E-state index is -2.14. The molecule has 0 bridgehead atoms. The van der Waals surface area contributed by atoms with Crippen molar-refractivity contribution in [1.82, 2.24) is 10.6 Å². The minimum absolute atomic E-state index is 0.00651. The maximum absolute atomic E-state index is 12.7. The Balaban J connectivity index is 1.62. The van der Waals surface area contributed by atoms with Gasteiger partial charge in [-0.25, -0.2) is 0 Å². The van der Waals surface area contributed by atoms with E-state index in [2.05, 4.69) is 81.0 Å². The van der Waals surface area contributed by atoms with Gasteiger partial charge in [0, 0.05) is 38.9 Å². The number of hydrogen-bond acceptors (Lipinski definition) is 6. The molecule has 4 N–H and O–H groups in total. The maximum atomic E-state index is 12.7. The molecule has 2 amide bonds. The van der Waals surface area contributed by atoms with E-state index in [1.807, 2.05) is 49.3 Å². The lowest BCUT2D eigenvalue weighted by molar-refractivity contribution is -0.120. The first-order valence-electron chi connectivity index (χ1n) is 15.2. The molecule has 0 heterocycles. The Labute approximate surface area is 264 Å². The molecule has 0 aliphatic rings. The number of nitrogens with one attached hydrogen (secondary N) is 3. The Morgan fingerprint density at radius 3 is 2.32 bits per heavy atom. The largest absolute Gasteiger partial charge is 0.506 e. The highest BCUT2D eigenvalue weighted by Crippen LogP contribution is 2.40. The van der Waals surface area contributed by atoms with Crippen LogP contribution in [0.4, 0.5) is 11.4 Å². The molecule has 8 nitrogen and oxygen atoms in total. The van der Waals surface area contributed by atoms with E-state index in [-0.39, 0.29) is 28.8 Å². The number of amides is 2. The van der Waals surface area contributed by atoms with Crippen LogP contribution >= 0.6 is 0 Å². The zero-order chi connectivity index (χ0) is 32.5. The highest BCUT2D eigenvalue weighted by atomic mass is 28.4. The highest BCUT2D eigenvalue weighted by Gasteiger charge is 2.39. The number of carbonyl (C=O) groups is 2. The summed E-state index contributed by atoms with van der Waals surface area (Å²) in [5.74, 6) is 0.00782. The van der Waals surface area contributed by atoms with Gasteiger partial charge in [-0.1, -0.05) is 63.2 Å². The summed E-state index contributed by atoms with van der Waals surface area (Å²) < 4.78 is 6.83. The second kappa shape index (κ2) is 15.4. The van der Waals surface area contributed by atoms with Crippen LogP contribution in [0, 0.1) is 0 Å². The van der Waals surface area contributed by atoms with Crippen LogP contribution in [0.25, 0.3) is 0 Å². The van der Waals surface area contributed by atoms with E-state index in [0.29, 0.717) is 31.6 Å². The lowest BCUT2D eigenvalue weighted by Gasteiger charge is -2.40. The predicted molar refractivity (Wildman–Crippen MR) is 183 cm³/mol. The third-order valence-corrected chi connectivity index (χ3v) is 12.8. The van der Waals surface area contributed by atoms with Gasteiger partial charge in [0.2, 0.25) is 12.3 Å². The van der Waals surface area contributed by atoms with Crippen molar-refractivity contribution in [3.05, 3.63) is 89.0 Å². The monoisotopic (exact) mass is 618 g/mol. The summed E-state index contributed by atoms with van der Waals surface area (Å²) in [6, 6.07) is 21.7. The van der Waals surface area contributed by atoms with Gasteiger partial charge in [-0.2, -0.15) is 0 Å². The Bertz CT molecular complexity index is 1390. The number of rotatable bonds is 15. The summed E-state index contributed by atoms with van der Waals surface area (Å²) in [6.07, 6.45) is 1.41. The number of benzene rings is 3. The van der Waals surface area contributed by atoms with Crippen molar-refractivity contribution in [2.45, 2.75) is 77.4 Å². The molecule has 0 saturated carbocycles. The molecule has 0 aliphatic heterocycles. The summed E-state index contributed by atoms with van der Waals surface area (Å²) in [7, 11) is 1.87. The van der Waals surface area contributed by atoms with Crippen LogP contribution in [0.15, 0.2) is 66.7 Å². The average molecular weight is 619 g/mol. The molecule has 0 saturated heterocycles. The van der Waals surface area contributed by atoms with Gasteiger partial charge in [-0.05, 0) is 78.0 Å². The third kappa shape index (κ3) is 10.2. The van der Waals surface area contributed by atoms with Crippen molar-refractivity contribution in [3.63, 3.8) is 0 Å². The van der Waals surface area contributed by atoms with E-state index in [0.717, 1.165) is 34.4 Å². The van der Waals surface area contributed by atoms with Crippen LogP contribution in [-0.2, 0) is 33.4 Å². The number of phenolic OH excluding ortho intramolecular Hbond substituents is 1. The molecular formula is C35H50N4O4Si. The van der Waals surface area contributed by atoms with Crippen LogP contribution in [-0.4, -0.2) is 52.4 Å². The lowest BCUT2D eigenvalue weighted by Crippen LogP contribution is -2.44. The Morgan fingerprint density at radius 1 is 1.00 bits per heavy atom. The number of phenols is 1. The van der Waals surface area contributed by atoms with Gasteiger partial charge < -0.3 is 30.4 Å². The van der Waals surface area contributed by atoms with E-state index in [1.165, 1.54) is 0 Å². The van der Waals surface area contributed by atoms with Gasteiger partial charge in [0.25, 0.3) is 0 Å². The van der Waals surface area contributed by atoms with E-state index < -0.39 is 8.32 Å². The summed E-state index contributed by atoms with van der Waals surface area (Å²) in [5, 5.41) is 19.4. The van der Waals surface area contributed by atoms with Crippen molar-refractivity contribution in [2.24, 2.45) is 0 Å². The zero-order valence-electron chi connectivity index (χ0n) is 27.5. The lowest BCUT2D eigenvalue weighted by atomic mass is 10.0. The van der Waals surface area contributed by atoms with Crippen molar-refractivity contribution in [3.8, 4) is 5.75 Å². The standard InChI is InChI=1S/C35H50N4O4Si/c1-25(36-23-33(43-44(7,8)35(2,3)4)29-14-17-32(41)31(21-29)38-24-40)18-27-10-9-11-28(19-27)20-34(42)37-22-26-12-15-30(16-13-26)39(5)6/h9-17,19,21,24-25,33,36,41H,18,20,22-23H2,1-8H3,(H,37,42)(H,38,40)/t25-,33+/m1/s1. The van der Waals surface area contributed by atoms with Crippen molar-refractivity contribution >= 4 is 32.0 Å². The number of aromatic hydroxyl groups is 1. The van der Waals surface area contributed by atoms with E-state index in [9.17, 15) is 14.7 Å². The molecule has 3 rings (SSSR count). The van der Waals surface area contributed by atoms with Crippen molar-refractivity contribution in [2.75, 3.05) is 30.9 Å². The average Bonchev–Trinajstić information content (AvgIpc) is 2.95. The Kier molecular flexibility index (Phi) is 12.2. The molecule has 0 spiro atoms. The van der Waals surface area contributed by atoms with Crippen LogP contribution in [0.1, 0.15) is 56.1 Å². The SMILES string of the molecule is C[C@H](Cc1cccc(CC(=O)NCc2ccc(N(C)C)cc2)c1)NC[C@H](O[Si](C)(C)C(C)(C)C)c1ccc(O)c(NC=O)c1. The first-order valence-corrected chi connectivity index (χ1v) is 18.1. The first-order chi connectivity index (χ1) is 20.7. The van der Waals surface area contributed by atoms with Crippen LogP contribution in [0.2, 0.25) is 18.1 Å². The molecule has 3 aromatic rings. The Morgan fingerprint density at radius 2 is 1.68 bits per heavy atom. The first kappa shape index (κ1) is 34.8. The summed E-state index contributed by atoms with van der Waals surface area (Å²) in [5.41, 5.74) is 5.57. The molecular weight excluding hydrogens is 568 g/mol. The van der Waals surface area contributed by atoms with Gasteiger partial charge in [0.1, 0.15) is 5.75 Å². The molecule has 9 heteroatoms. The maximum Gasteiger partial charge on any atom is 0.224 e. The van der Waals surface area contributed by atoms with Gasteiger partial charge in [0.15, 0.2) is 8.32 Å². The topological polar surface area (TPSA) is 103 Å². The summed E-state index contributed by atoms with van der Waals surface area (Å²) in [4.78, 5) is 25.8. The molecule has 0 unspecified atom stereocenters. The fourth-order valence-corrected chi connectivity index (χ4v) is 5.94. The molecule has 2 atom stereocenters. The zero-order valence-corrected chi connectivity index (χ0v) is 28.5. The fourth-order valence-electron chi connectivity index (χ4n) is 4.65. The molecule has 0 radical (unpaired) electrons. The van der Waals surface area contributed by atoms with Crippen LogP contribution in [0.5, 0.6) is 5.75 Å². The van der Waals surface area contributed by atoms with Crippen LogP contribution < -0.4 is 20.9 Å². The van der Waals surface area contributed by atoms with E-state index in [4.69, 9.17) is 4.43 Å². The van der Waals surface area contributed by atoms with Crippen LogP contribution in [0.3, 0.4) is 0 Å². The van der Waals surface area contributed by atoms with E-state index in [1.54, 1.807) is 12.1 Å². The fraction of sp³-hybridized carbons (Fsp3) is 0.429. The number of hydrogen-bond donors (Lipinski definition) is 4. The van der Waals surface area contributed by atoms with Gasteiger partial charge in [-0.15, -0.1) is 0 Å². The molecule has 0 fully saturated rings. The Hall–Kier alpha value is -3.66. The van der Waals surface area contributed by atoms with Gasteiger partial charge in [-0.3, -0.25) is 9.59 Å². The summed E-state index contributed by atoms with van der Waals surface area (Å²) in [6.45, 7) is 14.3. The van der Waals surface area contributed by atoms with Gasteiger partial charge in [0.05, 0.1) is 18.2 Å². The second-order valence-corrected chi connectivity index (χ2v) is 18.0. The molecule has 44 heavy (non-hydrogen) atoms. The minimum Gasteiger partial charge on any atom is -0.506 e. The molecule has 0 aliphatic carbocycles. The van der Waals surface area contributed by atoms with Crippen molar-refractivity contribution in [1.29, 1.82) is 0 Å². The van der Waals surface area contributed by atoms with Crippen molar-refractivity contribution < 1.29 is 19.1 Å². The quantitative estimate of drug-likeness (QED) is 0.0923. The molecule has 3 aromatic carbocycles. The molecule has 0 aromatic heterocycles. The second-order valence-electron chi connectivity index (χ2n) is 13.3. The smallest absolute Gasteiger partial charge is 0.224 e.